The van der Waals surface area contributed by atoms with Crippen molar-refractivity contribution >= 4 is 11.6 Å². The summed E-state index contributed by atoms with van der Waals surface area (Å²) in [5, 5.41) is 6.45. The summed E-state index contributed by atoms with van der Waals surface area (Å²) in [6, 6.07) is 5.69. The summed E-state index contributed by atoms with van der Waals surface area (Å²) in [6.45, 7) is 9.97. The number of nitrogens with two attached hydrogens (primary N) is 1. The van der Waals surface area contributed by atoms with Crippen LogP contribution in [0.3, 0.4) is 0 Å². The maximum absolute atomic E-state index is 5.75. The molecule has 0 bridgehead atoms. The minimum absolute atomic E-state index is 0.0440. The average Bonchev–Trinajstić information content (AvgIpc) is 2.97. The predicted octanol–water partition coefficient (Wildman–Crippen LogP) is 1.94. The second-order valence-corrected chi connectivity index (χ2v) is 5.90. The van der Waals surface area contributed by atoms with Crippen LogP contribution in [0.1, 0.15) is 13.8 Å². The Morgan fingerprint density at radius 1 is 1.41 bits per heavy atom. The van der Waals surface area contributed by atoms with Crippen LogP contribution < -0.4 is 25.8 Å². The Bertz CT molecular complexity index is 555. The lowest BCUT2D eigenvalue weighted by molar-refractivity contribution is 0.174. The molecule has 1 aromatic carbocycles. The lowest BCUT2D eigenvalue weighted by atomic mass is 9.94. The Balaban J connectivity index is 2.08. The zero-order chi connectivity index (χ0) is 16.0. The smallest absolute Gasteiger partial charge is 0.231 e. The Hall–Kier alpha value is -2.21. The topological polar surface area (TPSA) is 80.9 Å². The molecule has 2 rings (SSSR count). The van der Waals surface area contributed by atoms with E-state index in [-0.39, 0.29) is 12.2 Å². The van der Waals surface area contributed by atoms with Crippen molar-refractivity contribution < 1.29 is 9.47 Å². The first-order valence-corrected chi connectivity index (χ1v) is 7.30. The van der Waals surface area contributed by atoms with Gasteiger partial charge in [0.1, 0.15) is 0 Å². The van der Waals surface area contributed by atoms with Crippen LogP contribution in [0.2, 0.25) is 0 Å². The van der Waals surface area contributed by atoms with E-state index in [0.29, 0.717) is 25.6 Å². The van der Waals surface area contributed by atoms with Crippen LogP contribution >= 0.6 is 0 Å². The van der Waals surface area contributed by atoms with E-state index >= 15 is 0 Å². The van der Waals surface area contributed by atoms with Gasteiger partial charge in [0, 0.05) is 24.8 Å². The summed E-state index contributed by atoms with van der Waals surface area (Å²) in [5.74, 6) is 2.17. The third-order valence-corrected chi connectivity index (χ3v) is 3.27. The molecular weight excluding hydrogens is 280 g/mol. The summed E-state index contributed by atoms with van der Waals surface area (Å²) in [5.41, 5.74) is 6.59. The fourth-order valence-corrected chi connectivity index (χ4v) is 1.78. The maximum Gasteiger partial charge on any atom is 0.231 e. The number of rotatable bonds is 6. The van der Waals surface area contributed by atoms with Crippen LogP contribution in [0.15, 0.2) is 35.8 Å². The molecule has 6 nitrogen and oxygen atoms in total. The van der Waals surface area contributed by atoms with E-state index in [9.17, 15) is 0 Å². The zero-order valence-electron chi connectivity index (χ0n) is 13.2. The van der Waals surface area contributed by atoms with Gasteiger partial charge in [-0.2, -0.15) is 0 Å². The molecule has 0 fully saturated rings. The number of ether oxygens (including phenoxy) is 2. The number of nitrogens with zero attached hydrogens (tertiary/aromatic N) is 1. The predicted molar refractivity (Wildman–Crippen MR) is 89.5 cm³/mol. The van der Waals surface area contributed by atoms with Crippen LogP contribution in [0.4, 0.5) is 5.69 Å². The first-order chi connectivity index (χ1) is 10.5. The maximum atomic E-state index is 5.75. The van der Waals surface area contributed by atoms with Gasteiger partial charge >= 0.3 is 0 Å². The van der Waals surface area contributed by atoms with Gasteiger partial charge in [0.15, 0.2) is 17.5 Å². The Labute approximate surface area is 131 Å². The quantitative estimate of drug-likeness (QED) is 0.425. The Morgan fingerprint density at radius 3 is 2.91 bits per heavy atom. The first-order valence-electron chi connectivity index (χ1n) is 7.30. The second kappa shape index (κ2) is 7.17. The van der Waals surface area contributed by atoms with Crippen molar-refractivity contribution in [1.29, 1.82) is 0 Å². The number of benzene rings is 1. The third kappa shape index (κ3) is 4.39. The van der Waals surface area contributed by atoms with Crippen LogP contribution in [0.5, 0.6) is 11.5 Å². The van der Waals surface area contributed by atoms with Gasteiger partial charge in [0.05, 0.1) is 0 Å². The molecule has 120 valence electrons. The highest BCUT2D eigenvalue weighted by Crippen LogP contribution is 2.34. The Morgan fingerprint density at radius 2 is 2.18 bits per heavy atom. The van der Waals surface area contributed by atoms with Gasteiger partial charge in [-0.15, -0.1) is 6.58 Å². The largest absolute Gasteiger partial charge is 0.454 e. The van der Waals surface area contributed by atoms with E-state index in [0.717, 1.165) is 17.2 Å². The molecule has 0 atom stereocenters. The van der Waals surface area contributed by atoms with Crippen molar-refractivity contribution in [3.63, 3.8) is 0 Å². The molecule has 1 aromatic rings. The van der Waals surface area contributed by atoms with Gasteiger partial charge in [-0.1, -0.05) is 19.9 Å². The van der Waals surface area contributed by atoms with Crippen molar-refractivity contribution in [2.75, 3.05) is 31.7 Å². The molecule has 1 aliphatic rings. The number of fused-ring (bicyclic) bond motifs is 1. The molecule has 0 aromatic heterocycles. The fraction of sp³-hybridized carbons (Fsp3) is 0.438. The van der Waals surface area contributed by atoms with Gasteiger partial charge in [-0.25, -0.2) is 0 Å². The molecule has 22 heavy (non-hydrogen) atoms. The number of nitrogens with one attached hydrogen (secondary N) is 2. The minimum Gasteiger partial charge on any atom is -0.454 e. The lowest BCUT2D eigenvalue weighted by Crippen LogP contribution is -2.34. The van der Waals surface area contributed by atoms with Crippen molar-refractivity contribution in [3.05, 3.63) is 30.9 Å². The van der Waals surface area contributed by atoms with E-state index in [1.54, 1.807) is 6.08 Å². The van der Waals surface area contributed by atoms with Gasteiger partial charge in [0.25, 0.3) is 0 Å². The third-order valence-electron chi connectivity index (χ3n) is 3.27. The normalized spacial score (nSPS) is 13.9. The van der Waals surface area contributed by atoms with Gasteiger partial charge < -0.3 is 25.8 Å². The number of hydrogen-bond donors (Lipinski definition) is 3. The van der Waals surface area contributed by atoms with Gasteiger partial charge in [-0.3, -0.25) is 4.99 Å². The van der Waals surface area contributed by atoms with Crippen molar-refractivity contribution in [1.82, 2.24) is 5.32 Å². The molecule has 0 aliphatic carbocycles. The second-order valence-electron chi connectivity index (χ2n) is 5.90. The number of hydrogen-bond acceptors (Lipinski definition) is 4. The molecule has 1 aliphatic heterocycles. The number of guanidine groups is 1. The highest BCUT2D eigenvalue weighted by atomic mass is 16.7. The number of aliphatic imine (C=N–C) groups is 1. The average molecular weight is 304 g/mol. The van der Waals surface area contributed by atoms with E-state index in [4.69, 9.17) is 15.2 Å². The molecule has 0 radical (unpaired) electrons. The Kier molecular flexibility index (Phi) is 5.27. The number of anilines is 1. The van der Waals surface area contributed by atoms with E-state index < -0.39 is 0 Å². The van der Waals surface area contributed by atoms with Crippen molar-refractivity contribution in [2.45, 2.75) is 13.8 Å². The highest BCUT2D eigenvalue weighted by molar-refractivity contribution is 5.94. The monoisotopic (exact) mass is 304 g/mol. The highest BCUT2D eigenvalue weighted by Gasteiger charge is 2.16. The molecule has 0 spiro atoms. The van der Waals surface area contributed by atoms with E-state index in [2.05, 4.69) is 36.1 Å². The standard InChI is InChI=1S/C16H24N4O2/c1-4-7-18-15(19-10-16(2,3)9-17)20-12-5-6-13-14(8-12)22-11-21-13/h4-6,8H,1,7,9-11,17H2,2-3H3,(H2,18,19,20). The van der Waals surface area contributed by atoms with Gasteiger partial charge in [0.2, 0.25) is 6.79 Å². The summed E-state index contributed by atoms with van der Waals surface area (Å²) >= 11 is 0. The van der Waals surface area contributed by atoms with E-state index in [1.165, 1.54) is 0 Å². The molecule has 0 amide bonds. The van der Waals surface area contributed by atoms with E-state index in [1.807, 2.05) is 18.2 Å². The summed E-state index contributed by atoms with van der Waals surface area (Å²) in [6.07, 6.45) is 1.78. The molecule has 0 saturated carbocycles. The molecular formula is C16H24N4O2. The zero-order valence-corrected chi connectivity index (χ0v) is 13.2. The molecule has 1 heterocycles. The minimum atomic E-state index is -0.0440. The van der Waals surface area contributed by atoms with Crippen LogP contribution in [-0.4, -0.2) is 32.4 Å². The van der Waals surface area contributed by atoms with Crippen LogP contribution in [0, 0.1) is 5.41 Å². The molecule has 6 heteroatoms. The summed E-state index contributed by atoms with van der Waals surface area (Å²) in [7, 11) is 0. The van der Waals surface area contributed by atoms with Crippen molar-refractivity contribution in [3.8, 4) is 11.5 Å². The van der Waals surface area contributed by atoms with Crippen molar-refractivity contribution in [2.24, 2.45) is 16.1 Å². The fourth-order valence-electron chi connectivity index (χ4n) is 1.78. The lowest BCUT2D eigenvalue weighted by Gasteiger charge is -2.20. The molecule has 0 unspecified atom stereocenters. The molecule has 0 saturated heterocycles. The summed E-state index contributed by atoms with van der Waals surface area (Å²) in [4.78, 5) is 4.59. The molecule has 4 N–H and O–H groups in total. The first kappa shape index (κ1) is 16.2. The van der Waals surface area contributed by atoms with Crippen LogP contribution in [-0.2, 0) is 0 Å². The summed E-state index contributed by atoms with van der Waals surface area (Å²) < 4.78 is 10.7. The SMILES string of the molecule is C=CCNC(=NCC(C)(C)CN)Nc1ccc2c(c1)OCO2. The van der Waals surface area contributed by atoms with Gasteiger partial charge in [-0.05, 0) is 24.1 Å². The van der Waals surface area contributed by atoms with Crippen LogP contribution in [0.25, 0.3) is 0 Å².